The van der Waals surface area contributed by atoms with Crippen LogP contribution in [0, 0.1) is 0 Å². The minimum atomic E-state index is 0.0969. The number of likely N-dealkylation sites (N-methyl/N-ethyl adjacent to an activating group) is 1. The van der Waals surface area contributed by atoms with Crippen LogP contribution in [-0.2, 0) is 4.79 Å². The number of hydrogen-bond donors (Lipinski definition) is 0. The van der Waals surface area contributed by atoms with Crippen LogP contribution in [0.1, 0.15) is 13.3 Å². The first-order valence-corrected chi connectivity index (χ1v) is 4.48. The van der Waals surface area contributed by atoms with E-state index in [2.05, 4.69) is 6.58 Å². The lowest BCUT2D eigenvalue weighted by Gasteiger charge is -2.06. The van der Waals surface area contributed by atoms with Gasteiger partial charge >= 0.3 is 0 Å². The van der Waals surface area contributed by atoms with E-state index in [1.54, 1.807) is 18.0 Å². The third-order valence-corrected chi connectivity index (χ3v) is 2.10. The molecule has 1 rings (SSSR count). The molecule has 1 heterocycles. The van der Waals surface area contributed by atoms with Crippen LogP contribution in [-0.4, -0.2) is 24.4 Å². The van der Waals surface area contributed by atoms with Crippen molar-refractivity contribution in [3.05, 3.63) is 36.0 Å². The number of amides is 1. The molecular formula is C11H15NO. The average molecular weight is 177 g/mol. The molecule has 0 aromatic heterocycles. The summed E-state index contributed by atoms with van der Waals surface area (Å²) in [4.78, 5) is 13.3. The largest absolute Gasteiger partial charge is 0.337 e. The number of carbonyl (C=O) groups excluding carboxylic acids is 1. The lowest BCUT2D eigenvalue weighted by Crippen LogP contribution is -2.21. The van der Waals surface area contributed by atoms with E-state index < -0.39 is 0 Å². The molecule has 0 fully saturated rings. The van der Waals surface area contributed by atoms with Crippen molar-refractivity contribution < 1.29 is 4.79 Å². The van der Waals surface area contributed by atoms with Crippen LogP contribution < -0.4 is 0 Å². The third kappa shape index (κ3) is 1.89. The van der Waals surface area contributed by atoms with E-state index in [0.29, 0.717) is 6.54 Å². The fourth-order valence-corrected chi connectivity index (χ4v) is 1.34. The smallest absolute Gasteiger partial charge is 0.254 e. The van der Waals surface area contributed by atoms with Gasteiger partial charge in [-0.15, -0.1) is 0 Å². The van der Waals surface area contributed by atoms with Gasteiger partial charge in [0.25, 0.3) is 5.91 Å². The Balaban J connectivity index is 2.93. The molecular weight excluding hydrogens is 162 g/mol. The summed E-state index contributed by atoms with van der Waals surface area (Å²) >= 11 is 0. The summed E-state index contributed by atoms with van der Waals surface area (Å²) < 4.78 is 0. The van der Waals surface area contributed by atoms with E-state index in [1.165, 1.54) is 0 Å². The summed E-state index contributed by atoms with van der Waals surface area (Å²) in [7, 11) is 1.80. The molecule has 2 heteroatoms. The van der Waals surface area contributed by atoms with E-state index in [0.717, 1.165) is 17.6 Å². The number of hydrogen-bond acceptors (Lipinski definition) is 1. The first kappa shape index (κ1) is 9.78. The van der Waals surface area contributed by atoms with Crippen LogP contribution in [0.25, 0.3) is 0 Å². The average Bonchev–Trinajstić information content (AvgIpc) is 2.40. The standard InChI is InChI=1S/C11H15NO/c1-4-6-7-10-9(5-2)8-12(3)11(10)13/h5-7H,2,4,8H2,1,3H3/b7-6-. The van der Waals surface area contributed by atoms with Gasteiger partial charge in [-0.1, -0.05) is 31.7 Å². The van der Waals surface area contributed by atoms with Gasteiger partial charge in [-0.25, -0.2) is 0 Å². The Morgan fingerprint density at radius 3 is 2.85 bits per heavy atom. The summed E-state index contributed by atoms with van der Waals surface area (Å²) in [5.41, 5.74) is 1.82. The van der Waals surface area contributed by atoms with E-state index in [1.807, 2.05) is 19.1 Å². The van der Waals surface area contributed by atoms with Gasteiger partial charge in [0, 0.05) is 19.2 Å². The molecule has 0 saturated heterocycles. The van der Waals surface area contributed by atoms with Gasteiger partial charge in [0.1, 0.15) is 0 Å². The molecule has 0 aromatic carbocycles. The Labute approximate surface area is 79.2 Å². The Morgan fingerprint density at radius 1 is 1.62 bits per heavy atom. The van der Waals surface area contributed by atoms with Crippen molar-refractivity contribution in [2.75, 3.05) is 13.6 Å². The van der Waals surface area contributed by atoms with E-state index in [4.69, 9.17) is 0 Å². The van der Waals surface area contributed by atoms with Gasteiger partial charge in [0.2, 0.25) is 0 Å². The summed E-state index contributed by atoms with van der Waals surface area (Å²) in [5, 5.41) is 0. The highest BCUT2D eigenvalue weighted by Crippen LogP contribution is 2.19. The third-order valence-electron chi connectivity index (χ3n) is 2.10. The molecule has 0 spiro atoms. The van der Waals surface area contributed by atoms with Gasteiger partial charge in [-0.05, 0) is 12.0 Å². The molecule has 0 radical (unpaired) electrons. The lowest BCUT2D eigenvalue weighted by atomic mass is 10.1. The van der Waals surface area contributed by atoms with E-state index >= 15 is 0 Å². The highest BCUT2D eigenvalue weighted by molar-refractivity contribution is 6.00. The van der Waals surface area contributed by atoms with Crippen LogP contribution in [0.5, 0.6) is 0 Å². The quantitative estimate of drug-likeness (QED) is 0.644. The predicted molar refractivity (Wildman–Crippen MR) is 54.3 cm³/mol. The van der Waals surface area contributed by atoms with Crippen LogP contribution in [0.3, 0.4) is 0 Å². The molecule has 0 aliphatic carbocycles. The summed E-state index contributed by atoms with van der Waals surface area (Å²) in [6.07, 6.45) is 6.60. The van der Waals surface area contributed by atoms with E-state index in [-0.39, 0.29) is 5.91 Å². The van der Waals surface area contributed by atoms with Crippen LogP contribution >= 0.6 is 0 Å². The molecule has 1 amide bonds. The van der Waals surface area contributed by atoms with Crippen molar-refractivity contribution in [1.29, 1.82) is 0 Å². The van der Waals surface area contributed by atoms with Crippen molar-refractivity contribution in [3.8, 4) is 0 Å². The maximum atomic E-state index is 11.5. The Morgan fingerprint density at radius 2 is 2.31 bits per heavy atom. The fraction of sp³-hybridized carbons (Fsp3) is 0.364. The van der Waals surface area contributed by atoms with Crippen molar-refractivity contribution in [2.45, 2.75) is 13.3 Å². The molecule has 13 heavy (non-hydrogen) atoms. The maximum Gasteiger partial charge on any atom is 0.254 e. The number of rotatable bonds is 3. The fourth-order valence-electron chi connectivity index (χ4n) is 1.34. The predicted octanol–water partition coefficient (Wildman–Crippen LogP) is 1.91. The zero-order valence-electron chi connectivity index (χ0n) is 8.21. The SMILES string of the molecule is C=CC1=C(/C=C\CC)C(=O)N(C)C1. The van der Waals surface area contributed by atoms with E-state index in [9.17, 15) is 4.79 Å². The first-order chi connectivity index (χ1) is 6.20. The zero-order chi connectivity index (χ0) is 9.84. The highest BCUT2D eigenvalue weighted by atomic mass is 16.2. The van der Waals surface area contributed by atoms with Crippen molar-refractivity contribution in [2.24, 2.45) is 0 Å². The maximum absolute atomic E-state index is 11.5. The molecule has 0 N–H and O–H groups in total. The van der Waals surface area contributed by atoms with Gasteiger partial charge < -0.3 is 4.90 Å². The lowest BCUT2D eigenvalue weighted by molar-refractivity contribution is -0.124. The summed E-state index contributed by atoms with van der Waals surface area (Å²) in [6.45, 7) is 6.43. The van der Waals surface area contributed by atoms with Crippen molar-refractivity contribution in [1.82, 2.24) is 4.90 Å². The second kappa shape index (κ2) is 4.08. The van der Waals surface area contributed by atoms with Gasteiger partial charge in [0.15, 0.2) is 0 Å². The molecule has 70 valence electrons. The summed E-state index contributed by atoms with van der Waals surface area (Å²) in [6, 6.07) is 0. The Kier molecular flexibility index (Phi) is 3.07. The van der Waals surface area contributed by atoms with Gasteiger partial charge in [-0.3, -0.25) is 4.79 Å². The molecule has 2 nitrogen and oxygen atoms in total. The molecule has 0 unspecified atom stereocenters. The molecule has 0 saturated carbocycles. The molecule has 1 aliphatic heterocycles. The van der Waals surface area contributed by atoms with Crippen molar-refractivity contribution in [3.63, 3.8) is 0 Å². The van der Waals surface area contributed by atoms with Gasteiger partial charge in [-0.2, -0.15) is 0 Å². The molecule has 0 atom stereocenters. The second-order valence-corrected chi connectivity index (χ2v) is 3.11. The zero-order valence-corrected chi connectivity index (χ0v) is 8.21. The van der Waals surface area contributed by atoms with Crippen LogP contribution in [0.2, 0.25) is 0 Å². The number of allylic oxidation sites excluding steroid dienone is 1. The molecule has 0 aromatic rings. The van der Waals surface area contributed by atoms with Crippen LogP contribution in [0.4, 0.5) is 0 Å². The topological polar surface area (TPSA) is 20.3 Å². The first-order valence-electron chi connectivity index (χ1n) is 4.48. The normalized spacial score (nSPS) is 17.7. The molecule has 0 bridgehead atoms. The minimum Gasteiger partial charge on any atom is -0.337 e. The van der Waals surface area contributed by atoms with Gasteiger partial charge in [0.05, 0.1) is 0 Å². The summed E-state index contributed by atoms with van der Waals surface area (Å²) in [5.74, 6) is 0.0969. The monoisotopic (exact) mass is 177 g/mol. The number of nitrogens with zero attached hydrogens (tertiary/aromatic N) is 1. The Hall–Kier alpha value is -1.31. The van der Waals surface area contributed by atoms with Crippen molar-refractivity contribution >= 4 is 5.91 Å². The number of carbonyl (C=O) groups is 1. The Bertz CT molecular complexity index is 286. The molecule has 1 aliphatic rings. The second-order valence-electron chi connectivity index (χ2n) is 3.11. The van der Waals surface area contributed by atoms with Crippen LogP contribution in [0.15, 0.2) is 36.0 Å². The minimum absolute atomic E-state index is 0.0969. The highest BCUT2D eigenvalue weighted by Gasteiger charge is 2.23.